The van der Waals surface area contributed by atoms with Crippen molar-refractivity contribution in [2.24, 2.45) is 23.2 Å². The topological polar surface area (TPSA) is 24.9 Å². The molecule has 1 unspecified atom stereocenters. The van der Waals surface area contributed by atoms with Crippen LogP contribution < -0.4 is 5.32 Å². The first kappa shape index (κ1) is 12.3. The van der Waals surface area contributed by atoms with Crippen LogP contribution in [0.15, 0.2) is 11.7 Å². The molecule has 0 radical (unpaired) electrons. The lowest BCUT2D eigenvalue weighted by Gasteiger charge is -2.59. The van der Waals surface area contributed by atoms with Gasteiger partial charge in [-0.1, -0.05) is 0 Å². The van der Waals surface area contributed by atoms with Gasteiger partial charge in [-0.3, -0.25) is 4.98 Å². The van der Waals surface area contributed by atoms with Crippen LogP contribution in [0, 0.1) is 23.2 Å². The molecular weight excluding hydrogens is 252 g/mol. The third-order valence-corrected chi connectivity index (χ3v) is 6.86. The van der Waals surface area contributed by atoms with Crippen LogP contribution in [0.4, 0.5) is 0 Å². The van der Waals surface area contributed by atoms with E-state index in [4.69, 9.17) is 0 Å². The molecular formula is C16H24N2S. The Hall–Kier alpha value is -0.410. The van der Waals surface area contributed by atoms with Gasteiger partial charge in [0.2, 0.25) is 0 Å². The van der Waals surface area contributed by atoms with E-state index in [0.29, 0.717) is 11.5 Å². The summed E-state index contributed by atoms with van der Waals surface area (Å²) in [5.74, 6) is 3.13. The zero-order valence-corrected chi connectivity index (χ0v) is 12.6. The first-order valence-electron chi connectivity index (χ1n) is 7.82. The highest BCUT2D eigenvalue weighted by Crippen LogP contribution is 2.61. The third kappa shape index (κ3) is 2.06. The Labute approximate surface area is 120 Å². The van der Waals surface area contributed by atoms with Crippen molar-refractivity contribution in [1.29, 1.82) is 0 Å². The van der Waals surface area contributed by atoms with E-state index in [1.165, 1.54) is 49.8 Å². The molecule has 4 saturated carbocycles. The second-order valence-electron chi connectivity index (χ2n) is 7.29. The molecule has 4 aliphatic carbocycles. The fourth-order valence-corrected chi connectivity index (χ4v) is 6.42. The van der Waals surface area contributed by atoms with Gasteiger partial charge in [0.25, 0.3) is 0 Å². The van der Waals surface area contributed by atoms with E-state index >= 15 is 0 Å². The average Bonchev–Trinajstić information content (AvgIpc) is 2.87. The van der Waals surface area contributed by atoms with Gasteiger partial charge >= 0.3 is 0 Å². The lowest BCUT2D eigenvalue weighted by molar-refractivity contribution is -0.0723. The van der Waals surface area contributed by atoms with Crippen molar-refractivity contribution in [3.8, 4) is 0 Å². The van der Waals surface area contributed by atoms with E-state index < -0.39 is 0 Å². The largest absolute Gasteiger partial charge is 0.316 e. The molecule has 1 heterocycles. The maximum absolute atomic E-state index is 4.25. The van der Waals surface area contributed by atoms with E-state index in [2.05, 4.69) is 23.5 Å². The Morgan fingerprint density at radius 2 is 1.89 bits per heavy atom. The van der Waals surface area contributed by atoms with Crippen LogP contribution in [0.25, 0.3) is 0 Å². The molecule has 4 bridgehead atoms. The molecule has 0 spiro atoms. The first-order valence-corrected chi connectivity index (χ1v) is 8.70. The van der Waals surface area contributed by atoms with Crippen molar-refractivity contribution < 1.29 is 0 Å². The highest BCUT2D eigenvalue weighted by Gasteiger charge is 2.53. The third-order valence-electron chi connectivity index (χ3n) is 6.06. The van der Waals surface area contributed by atoms with Gasteiger partial charge in [0.05, 0.1) is 5.51 Å². The number of thiazole rings is 1. The van der Waals surface area contributed by atoms with Crippen molar-refractivity contribution in [1.82, 2.24) is 10.3 Å². The van der Waals surface area contributed by atoms with Crippen LogP contribution >= 0.6 is 11.3 Å². The second-order valence-corrected chi connectivity index (χ2v) is 8.26. The summed E-state index contributed by atoms with van der Waals surface area (Å²) in [6, 6.07) is 0.668. The minimum Gasteiger partial charge on any atom is -0.316 e. The maximum atomic E-state index is 4.25. The van der Waals surface area contributed by atoms with Crippen LogP contribution in [0.5, 0.6) is 0 Å². The van der Waals surface area contributed by atoms with Crippen LogP contribution in [0.1, 0.15) is 43.4 Å². The molecule has 4 fully saturated rings. The molecule has 4 aliphatic rings. The molecule has 1 aromatic heterocycles. The number of nitrogens with one attached hydrogen (secondary N) is 1. The summed E-state index contributed by atoms with van der Waals surface area (Å²) in [5.41, 5.74) is 2.58. The Kier molecular flexibility index (Phi) is 2.96. The van der Waals surface area contributed by atoms with Gasteiger partial charge in [0.1, 0.15) is 0 Å². The molecule has 1 N–H and O–H groups in total. The minimum atomic E-state index is 0.605. The number of hydrogen-bond acceptors (Lipinski definition) is 3. The molecule has 1 aromatic rings. The van der Waals surface area contributed by atoms with Gasteiger partial charge in [-0.15, -0.1) is 11.3 Å². The maximum Gasteiger partial charge on any atom is 0.0794 e. The van der Waals surface area contributed by atoms with Crippen molar-refractivity contribution in [3.63, 3.8) is 0 Å². The molecule has 0 amide bonds. The number of nitrogens with zero attached hydrogens (tertiary/aromatic N) is 1. The van der Waals surface area contributed by atoms with Crippen LogP contribution in [-0.2, 0) is 6.42 Å². The summed E-state index contributed by atoms with van der Waals surface area (Å²) in [5, 5.41) is 3.68. The van der Waals surface area contributed by atoms with Gasteiger partial charge in [0.15, 0.2) is 0 Å². The SMILES string of the molecule is CNC(Cc1cncs1)C12CC3CC(CC(C3)C1)C2. The summed E-state index contributed by atoms with van der Waals surface area (Å²) in [6.07, 6.45) is 12.3. The van der Waals surface area contributed by atoms with E-state index in [9.17, 15) is 0 Å². The van der Waals surface area contributed by atoms with Crippen molar-refractivity contribution in [2.45, 2.75) is 51.0 Å². The fourth-order valence-electron chi connectivity index (χ4n) is 5.77. The minimum absolute atomic E-state index is 0.605. The van der Waals surface area contributed by atoms with Crippen molar-refractivity contribution in [3.05, 3.63) is 16.6 Å². The molecule has 3 heteroatoms. The van der Waals surface area contributed by atoms with Gasteiger partial charge in [0, 0.05) is 17.1 Å². The van der Waals surface area contributed by atoms with E-state index in [-0.39, 0.29) is 0 Å². The van der Waals surface area contributed by atoms with Crippen LogP contribution in [-0.4, -0.2) is 18.1 Å². The summed E-state index contributed by atoms with van der Waals surface area (Å²) in [7, 11) is 2.17. The second kappa shape index (κ2) is 4.56. The van der Waals surface area contributed by atoms with Crippen LogP contribution in [0.3, 0.4) is 0 Å². The van der Waals surface area contributed by atoms with Crippen LogP contribution in [0.2, 0.25) is 0 Å². The highest BCUT2D eigenvalue weighted by molar-refractivity contribution is 7.09. The lowest BCUT2D eigenvalue weighted by atomic mass is 9.47. The molecule has 1 atom stereocenters. The van der Waals surface area contributed by atoms with Gasteiger partial charge in [-0.25, -0.2) is 0 Å². The Morgan fingerprint density at radius 3 is 2.37 bits per heavy atom. The molecule has 19 heavy (non-hydrogen) atoms. The molecule has 2 nitrogen and oxygen atoms in total. The fraction of sp³-hybridized carbons (Fsp3) is 0.812. The summed E-state index contributed by atoms with van der Waals surface area (Å²) < 4.78 is 0. The summed E-state index contributed by atoms with van der Waals surface area (Å²) >= 11 is 1.82. The van der Waals surface area contributed by atoms with Gasteiger partial charge < -0.3 is 5.32 Å². The normalized spacial score (nSPS) is 41.6. The Bertz CT molecular complexity index is 404. The van der Waals surface area contributed by atoms with Crippen molar-refractivity contribution >= 4 is 11.3 Å². The van der Waals surface area contributed by atoms with E-state index in [1.54, 1.807) is 0 Å². The van der Waals surface area contributed by atoms with E-state index in [1.807, 2.05) is 16.8 Å². The first-order chi connectivity index (χ1) is 9.27. The standard InChI is InChI=1S/C16H24N2S/c1-17-15(5-14-9-18-10-19-14)16-6-11-2-12(7-16)4-13(3-11)8-16/h9-13,15,17H,2-8H2,1H3. The number of rotatable bonds is 4. The monoisotopic (exact) mass is 276 g/mol. The summed E-state index contributed by atoms with van der Waals surface area (Å²) in [6.45, 7) is 0. The molecule has 104 valence electrons. The zero-order valence-electron chi connectivity index (χ0n) is 11.8. The van der Waals surface area contributed by atoms with Crippen molar-refractivity contribution in [2.75, 3.05) is 7.05 Å². The number of likely N-dealkylation sites (N-methyl/N-ethyl adjacent to an activating group) is 1. The van der Waals surface area contributed by atoms with Gasteiger partial charge in [-0.05, 0) is 75.2 Å². The van der Waals surface area contributed by atoms with E-state index in [0.717, 1.165) is 17.8 Å². The quantitative estimate of drug-likeness (QED) is 0.910. The zero-order chi connectivity index (χ0) is 12.9. The smallest absolute Gasteiger partial charge is 0.0794 e. The summed E-state index contributed by atoms with van der Waals surface area (Å²) in [4.78, 5) is 5.70. The molecule has 0 aromatic carbocycles. The van der Waals surface area contributed by atoms with Gasteiger partial charge in [-0.2, -0.15) is 0 Å². The predicted molar refractivity (Wildman–Crippen MR) is 79.3 cm³/mol. The Balaban J connectivity index is 1.58. The molecule has 5 rings (SSSR count). The molecule has 0 saturated heterocycles. The lowest BCUT2D eigenvalue weighted by Crippen LogP contribution is -2.55. The molecule has 0 aliphatic heterocycles. The number of hydrogen-bond donors (Lipinski definition) is 1. The predicted octanol–water partition coefficient (Wildman–Crippen LogP) is 3.49. The highest BCUT2D eigenvalue weighted by atomic mass is 32.1. The average molecular weight is 276 g/mol. The Morgan fingerprint density at radius 1 is 1.26 bits per heavy atom. The number of aromatic nitrogens is 1.